The van der Waals surface area contributed by atoms with E-state index in [1.54, 1.807) is 12.1 Å². The number of fused-ring (bicyclic) bond motifs is 8. The average molecular weight is 893 g/mol. The first-order valence-electron chi connectivity index (χ1n) is 19.9. The molecule has 7 aromatic rings. The summed E-state index contributed by atoms with van der Waals surface area (Å²) >= 11 is 0. The van der Waals surface area contributed by atoms with Gasteiger partial charge in [-0.05, 0) is 90.9 Å². The number of aromatic nitrogens is 4. The van der Waals surface area contributed by atoms with Crippen LogP contribution in [0.2, 0.25) is 0 Å². The molecule has 0 fully saturated rings. The minimum absolute atomic E-state index is 0.0464. The van der Waals surface area contributed by atoms with Crippen LogP contribution in [0, 0.1) is 46.5 Å². The molecule has 9 rings (SSSR count). The molecule has 17 heteroatoms. The Labute approximate surface area is 362 Å². The fourth-order valence-corrected chi connectivity index (χ4v) is 8.03. The van der Waals surface area contributed by atoms with Gasteiger partial charge in [-0.2, -0.15) is 0 Å². The lowest BCUT2D eigenvalue weighted by atomic mass is 10.0. The molecule has 0 unspecified atom stereocenters. The fourth-order valence-electron chi connectivity index (χ4n) is 8.03. The van der Waals surface area contributed by atoms with Crippen molar-refractivity contribution < 1.29 is 50.4 Å². The topological polar surface area (TPSA) is 142 Å². The van der Waals surface area contributed by atoms with Crippen LogP contribution in [0.25, 0.3) is 90.9 Å². The van der Waals surface area contributed by atoms with Gasteiger partial charge in [-0.15, -0.1) is 0 Å². The third-order valence-electron chi connectivity index (χ3n) is 10.8. The number of H-pyrrole nitrogens is 2. The number of aromatic amines is 2. The van der Waals surface area contributed by atoms with Crippen LogP contribution in [0.3, 0.4) is 0 Å². The van der Waals surface area contributed by atoms with Gasteiger partial charge in [-0.1, -0.05) is 24.3 Å². The maximum Gasteiger partial charge on any atom is 0.185 e. The van der Waals surface area contributed by atoms with E-state index in [2.05, 4.69) is 20.6 Å². The van der Waals surface area contributed by atoms with E-state index < -0.39 is 93.3 Å². The first kappa shape index (κ1) is 42.4. The molecule has 0 amide bonds. The summed E-state index contributed by atoms with van der Waals surface area (Å²) < 4.78 is 129. The Bertz CT molecular complexity index is 3260. The molecule has 0 atom stereocenters. The second-order valence-electron chi connectivity index (χ2n) is 14.8. The molecule has 0 spiro atoms. The van der Waals surface area contributed by atoms with E-state index in [-0.39, 0.29) is 85.1 Å². The quantitative estimate of drug-likeness (QED) is 0.0565. The minimum atomic E-state index is -1.80. The summed E-state index contributed by atoms with van der Waals surface area (Å²) in [5.74, 6) is -14.4. The van der Waals surface area contributed by atoms with Gasteiger partial charge >= 0.3 is 0 Å². The van der Waals surface area contributed by atoms with E-state index in [1.165, 1.54) is 91.9 Å². The number of hydrogen-bond acceptors (Lipinski definition) is 7. The zero-order valence-electron chi connectivity index (χ0n) is 33.6. The van der Waals surface area contributed by atoms with Gasteiger partial charge in [0.05, 0.1) is 40.5 Å². The van der Waals surface area contributed by atoms with Crippen LogP contribution in [-0.4, -0.2) is 55.0 Å². The second kappa shape index (κ2) is 16.7. The number of aliphatic hydroxyl groups excluding tert-OH is 1. The smallest absolute Gasteiger partial charge is 0.185 e. The lowest BCUT2D eigenvalue weighted by molar-refractivity contribution is 0.310. The van der Waals surface area contributed by atoms with Crippen molar-refractivity contribution in [2.45, 2.75) is 6.92 Å². The first-order valence-corrected chi connectivity index (χ1v) is 19.9. The zero-order chi connectivity index (χ0) is 45.8. The number of rotatable bonds is 9. The highest BCUT2D eigenvalue weighted by atomic mass is 19.2. The van der Waals surface area contributed by atoms with Gasteiger partial charge < -0.3 is 35.9 Å². The monoisotopic (exact) mass is 892 g/mol. The van der Waals surface area contributed by atoms with Crippen molar-refractivity contribution >= 4 is 57.7 Å². The standard InChI is InChI=1S/C48H32F8N6O3/c1-2-57-47-43(53)39(49)37(40(50)44(47)54)35-29-13-9-25(59-29)33(21-5-3-7-23(64)19-21)27-11-15-31(61-27)36(38-41(51)45(55)48(58-17-18-63)46(56)42(38)52)32-16-12-28(62-32)34(26-10-14-30(35)60-26)22-6-4-8-24(65)20-22/h3-16,19-20,57-59,62-65H,2,17-18H2,1H3. The maximum absolute atomic E-state index is 16.4. The molecule has 8 bridgehead atoms. The molecule has 0 saturated carbocycles. The summed E-state index contributed by atoms with van der Waals surface area (Å²) in [7, 11) is 0. The van der Waals surface area contributed by atoms with Crippen molar-refractivity contribution in [3.63, 3.8) is 0 Å². The number of aromatic hydroxyl groups is 2. The molecule has 0 saturated heterocycles. The molecular formula is C48H32F8N6O3. The highest BCUT2D eigenvalue weighted by Crippen LogP contribution is 2.43. The number of nitrogens with one attached hydrogen (secondary N) is 4. The number of phenols is 2. The molecule has 9 nitrogen and oxygen atoms in total. The van der Waals surface area contributed by atoms with Crippen LogP contribution in [0.5, 0.6) is 11.5 Å². The Kier molecular flexibility index (Phi) is 10.9. The van der Waals surface area contributed by atoms with Crippen LogP contribution < -0.4 is 10.6 Å². The third kappa shape index (κ3) is 7.19. The predicted molar refractivity (Wildman–Crippen MR) is 233 cm³/mol. The molecule has 2 aliphatic heterocycles. The summed E-state index contributed by atoms with van der Waals surface area (Å²) in [5, 5.41) is 34.9. The largest absolute Gasteiger partial charge is 0.508 e. The fraction of sp³-hybridized carbons (Fsp3) is 0.0833. The van der Waals surface area contributed by atoms with Crippen LogP contribution in [0.1, 0.15) is 29.7 Å². The Balaban J connectivity index is 1.50. The summed E-state index contributed by atoms with van der Waals surface area (Å²) in [5.41, 5.74) is -4.62. The highest BCUT2D eigenvalue weighted by Gasteiger charge is 2.31. The Morgan fingerprint density at radius 3 is 1.17 bits per heavy atom. The summed E-state index contributed by atoms with van der Waals surface area (Å²) in [6.45, 7) is 0.370. The van der Waals surface area contributed by atoms with Gasteiger partial charge in [0.15, 0.2) is 46.5 Å². The molecule has 2 aliphatic rings. The van der Waals surface area contributed by atoms with Gasteiger partial charge in [0.25, 0.3) is 0 Å². The molecule has 4 aromatic carbocycles. The van der Waals surface area contributed by atoms with Crippen LogP contribution in [0.4, 0.5) is 46.5 Å². The number of phenolic OH excluding ortho intramolecular Hbond substituents is 2. The van der Waals surface area contributed by atoms with Crippen molar-refractivity contribution in [1.29, 1.82) is 0 Å². The van der Waals surface area contributed by atoms with Crippen molar-refractivity contribution in [2.75, 3.05) is 30.3 Å². The third-order valence-corrected chi connectivity index (χ3v) is 10.8. The van der Waals surface area contributed by atoms with E-state index in [4.69, 9.17) is 9.97 Å². The molecule has 3 aromatic heterocycles. The zero-order valence-corrected chi connectivity index (χ0v) is 33.6. The highest BCUT2D eigenvalue weighted by molar-refractivity contribution is 6.00. The molecule has 7 N–H and O–H groups in total. The van der Waals surface area contributed by atoms with Crippen molar-refractivity contribution in [1.82, 2.24) is 19.9 Å². The Morgan fingerprint density at radius 1 is 0.462 bits per heavy atom. The number of nitrogens with zero attached hydrogens (tertiary/aromatic N) is 2. The van der Waals surface area contributed by atoms with Crippen molar-refractivity contribution in [3.05, 3.63) is 142 Å². The molecule has 65 heavy (non-hydrogen) atoms. The van der Waals surface area contributed by atoms with Gasteiger partial charge in [0.1, 0.15) is 22.9 Å². The van der Waals surface area contributed by atoms with Crippen LogP contribution in [0.15, 0.2) is 72.8 Å². The Morgan fingerprint density at radius 2 is 0.815 bits per heavy atom. The lowest BCUT2D eigenvalue weighted by Crippen LogP contribution is -2.12. The molecule has 0 radical (unpaired) electrons. The number of halogens is 8. The van der Waals surface area contributed by atoms with Gasteiger partial charge in [-0.3, -0.25) is 0 Å². The average Bonchev–Trinajstić information content (AvgIpc) is 4.14. The van der Waals surface area contributed by atoms with E-state index in [0.29, 0.717) is 0 Å². The summed E-state index contributed by atoms with van der Waals surface area (Å²) in [4.78, 5) is 15.6. The van der Waals surface area contributed by atoms with Gasteiger partial charge in [-0.25, -0.2) is 45.1 Å². The summed E-state index contributed by atoms with van der Waals surface area (Å²) in [6, 6.07) is 17.2. The number of aliphatic hydroxyl groups is 1. The normalized spacial score (nSPS) is 12.0. The van der Waals surface area contributed by atoms with Gasteiger partial charge in [0, 0.05) is 57.4 Å². The summed E-state index contributed by atoms with van der Waals surface area (Å²) in [6.07, 6.45) is 5.51. The van der Waals surface area contributed by atoms with Crippen molar-refractivity contribution in [2.24, 2.45) is 0 Å². The lowest BCUT2D eigenvalue weighted by Gasteiger charge is -2.14. The van der Waals surface area contributed by atoms with E-state index in [0.717, 1.165) is 0 Å². The second-order valence-corrected chi connectivity index (χ2v) is 14.8. The maximum atomic E-state index is 16.4. The minimum Gasteiger partial charge on any atom is -0.508 e. The Hall–Kier alpha value is -7.92. The first-order chi connectivity index (χ1) is 31.3. The number of hydrogen-bond donors (Lipinski definition) is 7. The number of anilines is 2. The SMILES string of the molecule is CCNc1c(F)c(F)c(-c2c3nc(c(-c4cccc(O)c4)c4ccc([nH]4)c(-c4c(F)c(F)c(NCCO)c(F)c4F)c4nc(c(-c5cccc(O)c5)c5ccc2[nH]5)C=C4)C=C3)c(F)c1F. The van der Waals surface area contributed by atoms with E-state index in [9.17, 15) is 15.3 Å². The molecular weight excluding hydrogens is 861 g/mol. The molecule has 5 heterocycles. The van der Waals surface area contributed by atoms with Crippen LogP contribution >= 0.6 is 0 Å². The van der Waals surface area contributed by atoms with Crippen molar-refractivity contribution in [3.8, 4) is 56.0 Å². The van der Waals surface area contributed by atoms with Gasteiger partial charge in [0.2, 0.25) is 0 Å². The van der Waals surface area contributed by atoms with E-state index in [1.807, 2.05) is 0 Å². The molecule has 0 aliphatic carbocycles. The molecule has 328 valence electrons. The van der Waals surface area contributed by atoms with Crippen LogP contribution in [-0.2, 0) is 0 Å². The predicted octanol–water partition coefficient (Wildman–Crippen LogP) is 11.7. The van der Waals surface area contributed by atoms with E-state index >= 15 is 35.1 Å². The number of benzene rings is 4.